The third kappa shape index (κ3) is 7.04. The van der Waals surface area contributed by atoms with E-state index in [0.29, 0.717) is 12.8 Å². The van der Waals surface area contributed by atoms with E-state index in [9.17, 15) is 9.59 Å². The largest absolute Gasteiger partial charge is 0.386 e. The fraction of sp³-hybridized carbons (Fsp3) is 0.500. The number of aliphatic hydroxyl groups is 1. The summed E-state index contributed by atoms with van der Waals surface area (Å²) in [5.41, 5.74) is 0.819. The molecule has 0 bridgehead atoms. The number of anilines is 1. The Hall–Kier alpha value is -1.68. The topological polar surface area (TPSA) is 66.4 Å². The Bertz CT molecular complexity index is 415. The number of aliphatic hydroxyl groups excluding tert-OH is 1. The van der Waals surface area contributed by atoms with E-state index in [-0.39, 0.29) is 11.7 Å². The van der Waals surface area contributed by atoms with Gasteiger partial charge in [0, 0.05) is 18.5 Å². The van der Waals surface area contributed by atoms with Gasteiger partial charge in [0.1, 0.15) is 6.10 Å². The van der Waals surface area contributed by atoms with Crippen molar-refractivity contribution in [2.75, 3.05) is 5.32 Å². The van der Waals surface area contributed by atoms with Crippen molar-refractivity contribution >= 4 is 17.4 Å². The van der Waals surface area contributed by atoms with Crippen molar-refractivity contribution in [1.29, 1.82) is 0 Å². The molecule has 1 aromatic rings. The average molecular weight is 277 g/mol. The van der Waals surface area contributed by atoms with Crippen molar-refractivity contribution in [2.45, 2.75) is 51.6 Å². The third-order valence-electron chi connectivity index (χ3n) is 3.10. The molecule has 0 unspecified atom stereocenters. The Kier molecular flexibility index (Phi) is 7.58. The molecule has 0 radical (unpaired) electrons. The van der Waals surface area contributed by atoms with Crippen LogP contribution in [-0.2, 0) is 9.59 Å². The molecule has 20 heavy (non-hydrogen) atoms. The minimum atomic E-state index is -0.855. The van der Waals surface area contributed by atoms with Gasteiger partial charge in [-0.05, 0) is 31.9 Å². The number of carbonyl (C=O) groups excluding carboxylic acids is 2. The van der Waals surface area contributed by atoms with E-state index in [0.717, 1.165) is 31.4 Å². The molecule has 0 spiro atoms. The van der Waals surface area contributed by atoms with Crippen molar-refractivity contribution < 1.29 is 14.7 Å². The summed E-state index contributed by atoms with van der Waals surface area (Å²) in [5.74, 6) is -0.0805. The second-order valence-electron chi connectivity index (χ2n) is 4.97. The molecule has 1 atom stereocenters. The van der Waals surface area contributed by atoms with Gasteiger partial charge in [0.05, 0.1) is 0 Å². The highest BCUT2D eigenvalue weighted by Gasteiger charge is 2.07. The lowest BCUT2D eigenvalue weighted by molar-refractivity contribution is -0.126. The lowest BCUT2D eigenvalue weighted by Crippen LogP contribution is -2.15. The number of para-hydroxylation sites is 1. The minimum Gasteiger partial charge on any atom is -0.386 e. The maximum atomic E-state index is 11.6. The summed E-state index contributed by atoms with van der Waals surface area (Å²) >= 11 is 0. The first-order valence-corrected chi connectivity index (χ1v) is 7.15. The molecule has 2 N–H and O–H groups in total. The van der Waals surface area contributed by atoms with Crippen LogP contribution in [0.4, 0.5) is 5.69 Å². The first-order chi connectivity index (χ1) is 9.59. The summed E-state index contributed by atoms with van der Waals surface area (Å²) in [4.78, 5) is 22.8. The molecule has 0 aliphatic carbocycles. The van der Waals surface area contributed by atoms with Crippen LogP contribution in [0.25, 0.3) is 0 Å². The second-order valence-corrected chi connectivity index (χ2v) is 4.97. The highest BCUT2D eigenvalue weighted by molar-refractivity contribution is 5.90. The van der Waals surface area contributed by atoms with Gasteiger partial charge in [-0.2, -0.15) is 0 Å². The molecule has 0 aliphatic rings. The molecule has 1 rings (SSSR count). The monoisotopic (exact) mass is 277 g/mol. The molecule has 0 aromatic heterocycles. The molecule has 0 saturated heterocycles. The second kappa shape index (κ2) is 9.26. The summed E-state index contributed by atoms with van der Waals surface area (Å²) in [6.07, 6.45) is 3.51. The van der Waals surface area contributed by atoms with Gasteiger partial charge in [0.25, 0.3) is 0 Å². The lowest BCUT2D eigenvalue weighted by atomic mass is 10.1. The number of amides is 1. The summed E-state index contributed by atoms with van der Waals surface area (Å²) in [6.45, 7) is 1.50. The number of ketones is 1. The van der Waals surface area contributed by atoms with E-state index in [1.54, 1.807) is 0 Å². The number of benzene rings is 1. The molecule has 0 aliphatic heterocycles. The Morgan fingerprint density at radius 2 is 1.65 bits per heavy atom. The van der Waals surface area contributed by atoms with Crippen molar-refractivity contribution in [2.24, 2.45) is 0 Å². The smallest absolute Gasteiger partial charge is 0.224 e. The fourth-order valence-electron chi connectivity index (χ4n) is 1.89. The van der Waals surface area contributed by atoms with Gasteiger partial charge < -0.3 is 10.4 Å². The van der Waals surface area contributed by atoms with Crippen molar-refractivity contribution in [1.82, 2.24) is 0 Å². The Morgan fingerprint density at radius 3 is 2.25 bits per heavy atom. The SMILES string of the molecule is C[C@H](O)C(=O)CCCCCCC(=O)Nc1ccccc1. The summed E-state index contributed by atoms with van der Waals surface area (Å²) < 4.78 is 0. The van der Waals surface area contributed by atoms with Crippen LogP contribution in [0.15, 0.2) is 30.3 Å². The molecule has 4 nitrogen and oxygen atoms in total. The van der Waals surface area contributed by atoms with Gasteiger partial charge in [0.2, 0.25) is 5.91 Å². The highest BCUT2D eigenvalue weighted by Crippen LogP contribution is 2.09. The molecule has 4 heteroatoms. The molecule has 0 saturated carbocycles. The van der Waals surface area contributed by atoms with Crippen LogP contribution in [0.5, 0.6) is 0 Å². The standard InChI is InChI=1S/C16H23NO3/c1-13(18)15(19)11-7-2-3-8-12-16(20)17-14-9-5-4-6-10-14/h4-6,9-10,13,18H,2-3,7-8,11-12H2,1H3,(H,17,20)/t13-/m0/s1. The Morgan fingerprint density at radius 1 is 1.05 bits per heavy atom. The first-order valence-electron chi connectivity index (χ1n) is 7.15. The molecule has 1 aromatic carbocycles. The van der Waals surface area contributed by atoms with Gasteiger partial charge in [-0.3, -0.25) is 9.59 Å². The zero-order valence-corrected chi connectivity index (χ0v) is 12.0. The summed E-state index contributed by atoms with van der Waals surface area (Å²) in [7, 11) is 0. The normalized spacial score (nSPS) is 11.9. The quantitative estimate of drug-likeness (QED) is 0.682. The van der Waals surface area contributed by atoms with E-state index in [1.165, 1.54) is 6.92 Å². The third-order valence-corrected chi connectivity index (χ3v) is 3.10. The maximum absolute atomic E-state index is 11.6. The first kappa shape index (κ1) is 16.4. The number of Topliss-reactive ketones (excluding diaryl/α,β-unsaturated/α-hetero) is 1. The predicted octanol–water partition coefficient (Wildman–Crippen LogP) is 2.92. The molecule has 110 valence electrons. The zero-order chi connectivity index (χ0) is 14.8. The molecule has 0 fully saturated rings. The van der Waals surface area contributed by atoms with Crippen molar-refractivity contribution in [3.05, 3.63) is 30.3 Å². The molecule has 0 heterocycles. The van der Waals surface area contributed by atoms with Crippen LogP contribution in [0, 0.1) is 0 Å². The van der Waals surface area contributed by atoms with Gasteiger partial charge in [-0.1, -0.05) is 31.0 Å². The highest BCUT2D eigenvalue weighted by atomic mass is 16.3. The van der Waals surface area contributed by atoms with Gasteiger partial charge >= 0.3 is 0 Å². The van der Waals surface area contributed by atoms with Crippen molar-refractivity contribution in [3.8, 4) is 0 Å². The molecule has 1 amide bonds. The van der Waals surface area contributed by atoms with E-state index >= 15 is 0 Å². The predicted molar refractivity (Wildman–Crippen MR) is 79.5 cm³/mol. The van der Waals surface area contributed by atoms with Gasteiger partial charge in [-0.25, -0.2) is 0 Å². The minimum absolute atomic E-state index is 0.0243. The molecular weight excluding hydrogens is 254 g/mol. The van der Waals surface area contributed by atoms with E-state index in [4.69, 9.17) is 5.11 Å². The summed E-state index contributed by atoms with van der Waals surface area (Å²) in [6, 6.07) is 9.40. The lowest BCUT2D eigenvalue weighted by Gasteiger charge is -2.05. The van der Waals surface area contributed by atoms with Gasteiger partial charge in [0.15, 0.2) is 5.78 Å². The number of hydrogen-bond donors (Lipinski definition) is 2. The number of hydrogen-bond acceptors (Lipinski definition) is 3. The van der Waals surface area contributed by atoms with Crippen LogP contribution in [0.2, 0.25) is 0 Å². The number of carbonyl (C=O) groups is 2. The van der Waals surface area contributed by atoms with Crippen molar-refractivity contribution in [3.63, 3.8) is 0 Å². The number of rotatable bonds is 9. The Balaban J connectivity index is 2.04. The van der Waals surface area contributed by atoms with E-state index in [2.05, 4.69) is 5.32 Å². The van der Waals surface area contributed by atoms with E-state index < -0.39 is 6.10 Å². The zero-order valence-electron chi connectivity index (χ0n) is 12.0. The number of unbranched alkanes of at least 4 members (excludes halogenated alkanes) is 3. The molecular formula is C16H23NO3. The van der Waals surface area contributed by atoms with Crippen LogP contribution in [0.3, 0.4) is 0 Å². The summed E-state index contributed by atoms with van der Waals surface area (Å²) in [5, 5.41) is 11.9. The fourth-order valence-corrected chi connectivity index (χ4v) is 1.89. The van der Waals surface area contributed by atoms with Crippen LogP contribution in [-0.4, -0.2) is 22.9 Å². The van der Waals surface area contributed by atoms with Crippen LogP contribution >= 0.6 is 0 Å². The van der Waals surface area contributed by atoms with E-state index in [1.807, 2.05) is 30.3 Å². The van der Waals surface area contributed by atoms with Crippen LogP contribution < -0.4 is 5.32 Å². The average Bonchev–Trinajstić information content (AvgIpc) is 2.43. The van der Waals surface area contributed by atoms with Crippen LogP contribution in [0.1, 0.15) is 45.4 Å². The Labute approximate surface area is 120 Å². The van der Waals surface area contributed by atoms with Gasteiger partial charge in [-0.15, -0.1) is 0 Å². The maximum Gasteiger partial charge on any atom is 0.224 e. The number of nitrogens with one attached hydrogen (secondary N) is 1.